The second-order valence-electron chi connectivity index (χ2n) is 4.48. The van der Waals surface area contributed by atoms with Gasteiger partial charge in [-0.15, -0.1) is 11.3 Å². The lowest BCUT2D eigenvalue weighted by Crippen LogP contribution is -1.83. The van der Waals surface area contributed by atoms with Crippen LogP contribution in [-0.4, -0.2) is 5.78 Å². The Morgan fingerprint density at radius 3 is 2.24 bits per heavy atom. The predicted octanol–water partition coefficient (Wildman–Crippen LogP) is 4.54. The van der Waals surface area contributed by atoms with Gasteiger partial charge in [0, 0.05) is 4.88 Å². The van der Waals surface area contributed by atoms with Crippen LogP contribution in [0.4, 0.5) is 0 Å². The molecule has 0 aliphatic heterocycles. The van der Waals surface area contributed by atoms with Gasteiger partial charge in [-0.2, -0.15) is 0 Å². The van der Waals surface area contributed by atoms with Crippen LogP contribution in [0.1, 0.15) is 33.3 Å². The Morgan fingerprint density at radius 1 is 1.00 bits per heavy atom. The molecule has 2 heteroatoms. The zero-order valence-corrected chi connectivity index (χ0v) is 11.4. The highest BCUT2D eigenvalue weighted by Gasteiger charge is 2.10. The number of hydrogen-bond acceptors (Lipinski definition) is 2. The molecule has 1 nitrogen and oxygen atoms in total. The number of Topliss-reactive ketones (excluding diaryl/α,β-unsaturated/α-hetero) is 1. The molecule has 2 aromatic rings. The van der Waals surface area contributed by atoms with E-state index < -0.39 is 0 Å². The van der Waals surface area contributed by atoms with Crippen LogP contribution in [-0.2, 0) is 0 Å². The van der Waals surface area contributed by atoms with Crippen LogP contribution in [0.3, 0.4) is 0 Å². The van der Waals surface area contributed by atoms with E-state index >= 15 is 0 Å². The van der Waals surface area contributed by atoms with E-state index in [1.54, 1.807) is 18.3 Å². The lowest BCUT2D eigenvalue weighted by atomic mass is 10.0. The largest absolute Gasteiger partial charge is 0.294 e. The second kappa shape index (κ2) is 4.46. The van der Waals surface area contributed by atoms with Crippen molar-refractivity contribution in [3.05, 3.63) is 45.8 Å². The summed E-state index contributed by atoms with van der Waals surface area (Å²) in [5.41, 5.74) is 4.99. The van der Waals surface area contributed by atoms with Gasteiger partial charge in [-0.3, -0.25) is 4.79 Å². The molecule has 0 N–H and O–H groups in total. The minimum absolute atomic E-state index is 0.146. The van der Waals surface area contributed by atoms with Gasteiger partial charge in [-0.1, -0.05) is 18.2 Å². The van der Waals surface area contributed by atoms with Crippen LogP contribution < -0.4 is 0 Å². The quantitative estimate of drug-likeness (QED) is 0.709. The highest BCUT2D eigenvalue weighted by Crippen LogP contribution is 2.33. The zero-order chi connectivity index (χ0) is 12.6. The first-order valence-electron chi connectivity index (χ1n) is 5.68. The summed E-state index contributed by atoms with van der Waals surface area (Å²) in [6, 6.07) is 8.44. The molecule has 1 heterocycles. The van der Waals surface area contributed by atoms with Crippen LogP contribution in [0, 0.1) is 20.8 Å². The number of hydrogen-bond donors (Lipinski definition) is 0. The fraction of sp³-hybridized carbons (Fsp3) is 0.267. The standard InChI is InChI=1S/C15H16OS/c1-9-5-6-13(7-10(9)2)15-11(3)8-14(17-15)12(4)16/h5-8H,1-4H3. The van der Waals surface area contributed by atoms with Gasteiger partial charge in [-0.05, 0) is 56.0 Å². The second-order valence-corrected chi connectivity index (χ2v) is 5.53. The Morgan fingerprint density at radius 2 is 1.71 bits per heavy atom. The molecule has 0 atom stereocenters. The normalized spacial score (nSPS) is 10.6. The SMILES string of the molecule is CC(=O)c1cc(C)c(-c2ccc(C)c(C)c2)s1. The fourth-order valence-electron chi connectivity index (χ4n) is 1.82. The van der Waals surface area contributed by atoms with E-state index in [1.807, 2.05) is 6.07 Å². The van der Waals surface area contributed by atoms with Crippen molar-refractivity contribution in [3.8, 4) is 10.4 Å². The summed E-state index contributed by atoms with van der Waals surface area (Å²) in [5.74, 6) is 0.146. The van der Waals surface area contributed by atoms with E-state index in [2.05, 4.69) is 39.0 Å². The molecule has 0 saturated heterocycles. The van der Waals surface area contributed by atoms with Gasteiger partial charge in [0.15, 0.2) is 5.78 Å². The summed E-state index contributed by atoms with van der Waals surface area (Å²) < 4.78 is 0. The molecule has 1 aromatic carbocycles. The molecule has 17 heavy (non-hydrogen) atoms. The summed E-state index contributed by atoms with van der Waals surface area (Å²) in [6.45, 7) is 7.91. The van der Waals surface area contributed by atoms with Gasteiger partial charge < -0.3 is 0 Å². The topological polar surface area (TPSA) is 17.1 Å². The van der Waals surface area contributed by atoms with E-state index in [4.69, 9.17) is 0 Å². The van der Waals surface area contributed by atoms with Crippen molar-refractivity contribution in [2.45, 2.75) is 27.7 Å². The average molecular weight is 244 g/mol. The first-order chi connectivity index (χ1) is 7.99. The molecule has 1 aromatic heterocycles. The summed E-state index contributed by atoms with van der Waals surface area (Å²) in [4.78, 5) is 13.4. The molecular formula is C15H16OS. The van der Waals surface area contributed by atoms with Crippen molar-refractivity contribution in [1.29, 1.82) is 0 Å². The third kappa shape index (κ3) is 2.32. The molecule has 0 fully saturated rings. The molecule has 0 radical (unpaired) electrons. The number of aryl methyl sites for hydroxylation is 3. The number of thiophene rings is 1. The van der Waals surface area contributed by atoms with Crippen molar-refractivity contribution in [2.75, 3.05) is 0 Å². The Balaban J connectivity index is 2.52. The van der Waals surface area contributed by atoms with Crippen LogP contribution in [0.5, 0.6) is 0 Å². The van der Waals surface area contributed by atoms with Crippen LogP contribution in [0.25, 0.3) is 10.4 Å². The average Bonchev–Trinajstić information content (AvgIpc) is 2.65. The number of benzene rings is 1. The van der Waals surface area contributed by atoms with Crippen LogP contribution >= 0.6 is 11.3 Å². The molecule has 0 saturated carbocycles. The van der Waals surface area contributed by atoms with Crippen molar-refractivity contribution >= 4 is 17.1 Å². The molecule has 0 aliphatic carbocycles. The summed E-state index contributed by atoms with van der Waals surface area (Å²) in [5, 5.41) is 0. The first kappa shape index (κ1) is 12.1. The smallest absolute Gasteiger partial charge is 0.169 e. The predicted molar refractivity (Wildman–Crippen MR) is 74.0 cm³/mol. The monoisotopic (exact) mass is 244 g/mol. The van der Waals surface area contributed by atoms with Crippen molar-refractivity contribution in [1.82, 2.24) is 0 Å². The summed E-state index contributed by atoms with van der Waals surface area (Å²) >= 11 is 1.59. The lowest BCUT2D eigenvalue weighted by Gasteiger charge is -2.04. The Kier molecular flexibility index (Phi) is 3.16. The number of rotatable bonds is 2. The Labute approximate surface area is 106 Å². The van der Waals surface area contributed by atoms with Gasteiger partial charge in [-0.25, -0.2) is 0 Å². The maximum Gasteiger partial charge on any atom is 0.169 e. The summed E-state index contributed by atoms with van der Waals surface area (Å²) in [6.07, 6.45) is 0. The van der Waals surface area contributed by atoms with E-state index in [9.17, 15) is 4.79 Å². The zero-order valence-electron chi connectivity index (χ0n) is 10.6. The van der Waals surface area contributed by atoms with E-state index in [-0.39, 0.29) is 5.78 Å². The molecule has 0 amide bonds. The van der Waals surface area contributed by atoms with Crippen molar-refractivity contribution in [2.24, 2.45) is 0 Å². The molecule has 0 bridgehead atoms. The first-order valence-corrected chi connectivity index (χ1v) is 6.49. The minimum atomic E-state index is 0.146. The van der Waals surface area contributed by atoms with Gasteiger partial charge in [0.1, 0.15) is 0 Å². The van der Waals surface area contributed by atoms with Gasteiger partial charge >= 0.3 is 0 Å². The number of carbonyl (C=O) groups is 1. The molecule has 0 spiro atoms. The van der Waals surface area contributed by atoms with Gasteiger partial charge in [0.05, 0.1) is 4.88 Å². The van der Waals surface area contributed by atoms with E-state index in [1.165, 1.54) is 27.1 Å². The number of carbonyl (C=O) groups excluding carboxylic acids is 1. The van der Waals surface area contributed by atoms with Crippen molar-refractivity contribution < 1.29 is 4.79 Å². The highest BCUT2D eigenvalue weighted by atomic mass is 32.1. The molecule has 0 unspecified atom stereocenters. The van der Waals surface area contributed by atoms with Crippen LogP contribution in [0.15, 0.2) is 24.3 Å². The third-order valence-corrected chi connectivity index (χ3v) is 4.42. The molecular weight excluding hydrogens is 228 g/mol. The lowest BCUT2D eigenvalue weighted by molar-refractivity contribution is 0.102. The summed E-state index contributed by atoms with van der Waals surface area (Å²) in [7, 11) is 0. The maximum atomic E-state index is 11.4. The Hall–Kier alpha value is -1.41. The maximum absolute atomic E-state index is 11.4. The molecule has 2 rings (SSSR count). The van der Waals surface area contributed by atoms with E-state index in [0.717, 1.165) is 4.88 Å². The van der Waals surface area contributed by atoms with Gasteiger partial charge in [0.2, 0.25) is 0 Å². The van der Waals surface area contributed by atoms with Crippen LogP contribution in [0.2, 0.25) is 0 Å². The van der Waals surface area contributed by atoms with Gasteiger partial charge in [0.25, 0.3) is 0 Å². The highest BCUT2D eigenvalue weighted by molar-refractivity contribution is 7.17. The third-order valence-electron chi connectivity index (χ3n) is 3.03. The van der Waals surface area contributed by atoms with Crippen molar-refractivity contribution in [3.63, 3.8) is 0 Å². The molecule has 88 valence electrons. The Bertz CT molecular complexity index is 579. The molecule has 0 aliphatic rings. The van der Waals surface area contributed by atoms with E-state index in [0.29, 0.717) is 0 Å². The minimum Gasteiger partial charge on any atom is -0.294 e. The fourth-order valence-corrected chi connectivity index (χ4v) is 2.89. The number of ketones is 1.